The first-order valence-electron chi connectivity index (χ1n) is 6.10. The lowest BCUT2D eigenvalue weighted by molar-refractivity contribution is 0.181. The summed E-state index contributed by atoms with van der Waals surface area (Å²) < 4.78 is 6.79. The maximum absolute atomic E-state index is 5.12. The summed E-state index contributed by atoms with van der Waals surface area (Å²) in [4.78, 5) is 13.9. The average Bonchev–Trinajstić information content (AvgIpc) is 3.05. The molecule has 0 spiro atoms. The number of fused-ring (bicyclic) bond motifs is 1. The van der Waals surface area contributed by atoms with Gasteiger partial charge in [0, 0.05) is 24.3 Å². The molecule has 0 aliphatic heterocycles. The van der Waals surface area contributed by atoms with Crippen LogP contribution in [0.15, 0.2) is 18.6 Å². The monoisotopic (exact) mass is 290 g/mol. The number of aryl methyl sites for hydroxylation is 1. The Labute approximate surface area is 119 Å². The molecule has 7 nitrogen and oxygen atoms in total. The van der Waals surface area contributed by atoms with Crippen LogP contribution in [0.1, 0.15) is 15.6 Å². The number of hydrogen-bond acceptors (Lipinski definition) is 7. The fourth-order valence-electron chi connectivity index (χ4n) is 1.87. The molecule has 0 amide bonds. The Kier molecular flexibility index (Phi) is 3.57. The summed E-state index contributed by atoms with van der Waals surface area (Å²) in [6.45, 7) is 3.13. The lowest BCUT2D eigenvalue weighted by atomic mass is 10.4. The van der Waals surface area contributed by atoms with E-state index < -0.39 is 0 Å². The van der Waals surface area contributed by atoms with E-state index in [2.05, 4.69) is 25.4 Å². The molecule has 1 N–H and O–H groups in total. The van der Waals surface area contributed by atoms with E-state index in [-0.39, 0.29) is 0 Å². The summed E-state index contributed by atoms with van der Waals surface area (Å²) in [6.07, 6.45) is 3.36. The predicted molar refractivity (Wildman–Crippen MR) is 75.7 cm³/mol. The van der Waals surface area contributed by atoms with Crippen molar-refractivity contribution in [2.75, 3.05) is 12.4 Å². The number of nitrogens with one attached hydrogen (secondary N) is 1. The zero-order valence-corrected chi connectivity index (χ0v) is 12.0. The second-order valence-corrected chi connectivity index (χ2v) is 5.56. The van der Waals surface area contributed by atoms with Crippen LogP contribution >= 0.6 is 11.3 Å². The maximum Gasteiger partial charge on any atom is 0.254 e. The van der Waals surface area contributed by atoms with Crippen molar-refractivity contribution in [3.63, 3.8) is 0 Å². The molecule has 3 aromatic rings. The Hall–Kier alpha value is -2.06. The minimum Gasteiger partial charge on any atom is -0.378 e. The number of thiazole rings is 1. The molecule has 104 valence electrons. The first-order chi connectivity index (χ1) is 9.76. The van der Waals surface area contributed by atoms with Gasteiger partial charge < -0.3 is 10.1 Å². The van der Waals surface area contributed by atoms with Crippen molar-refractivity contribution >= 4 is 22.9 Å². The third-order valence-corrected chi connectivity index (χ3v) is 3.62. The molecule has 0 fully saturated rings. The van der Waals surface area contributed by atoms with E-state index in [1.165, 1.54) is 11.2 Å². The normalized spacial score (nSPS) is 11.1. The molecule has 8 heteroatoms. The summed E-state index contributed by atoms with van der Waals surface area (Å²) in [7, 11) is 1.64. The second kappa shape index (κ2) is 5.51. The molecule has 0 aromatic carbocycles. The van der Waals surface area contributed by atoms with Gasteiger partial charge in [-0.1, -0.05) is 0 Å². The van der Waals surface area contributed by atoms with Crippen LogP contribution in [-0.4, -0.2) is 31.7 Å². The summed E-state index contributed by atoms with van der Waals surface area (Å²) >= 11 is 1.67. The summed E-state index contributed by atoms with van der Waals surface area (Å²) in [5.41, 5.74) is 0.816. The van der Waals surface area contributed by atoms with Gasteiger partial charge in [-0.15, -0.1) is 11.3 Å². The predicted octanol–water partition coefficient (Wildman–Crippen LogP) is 1.65. The number of hydrogen-bond donors (Lipinski definition) is 1. The van der Waals surface area contributed by atoms with Crippen LogP contribution in [0.5, 0.6) is 0 Å². The van der Waals surface area contributed by atoms with Crippen LogP contribution in [0.25, 0.3) is 5.78 Å². The fourth-order valence-corrected chi connectivity index (χ4v) is 2.61. The van der Waals surface area contributed by atoms with Gasteiger partial charge in [0.1, 0.15) is 12.1 Å². The smallest absolute Gasteiger partial charge is 0.254 e. The maximum atomic E-state index is 5.12. The number of anilines is 1. The van der Waals surface area contributed by atoms with Crippen LogP contribution in [-0.2, 0) is 17.9 Å². The lowest BCUT2D eigenvalue weighted by Crippen LogP contribution is -2.07. The van der Waals surface area contributed by atoms with Crippen molar-refractivity contribution in [1.82, 2.24) is 24.6 Å². The second-order valence-electron chi connectivity index (χ2n) is 4.24. The van der Waals surface area contributed by atoms with Gasteiger partial charge in [0.05, 0.1) is 23.9 Å². The van der Waals surface area contributed by atoms with E-state index in [4.69, 9.17) is 4.74 Å². The van der Waals surface area contributed by atoms with Gasteiger partial charge in [0.15, 0.2) is 0 Å². The molecule has 0 bridgehead atoms. The van der Waals surface area contributed by atoms with E-state index in [9.17, 15) is 0 Å². The van der Waals surface area contributed by atoms with Crippen molar-refractivity contribution in [3.8, 4) is 0 Å². The van der Waals surface area contributed by atoms with Gasteiger partial charge in [0.2, 0.25) is 0 Å². The quantitative estimate of drug-likeness (QED) is 0.770. The Balaban J connectivity index is 1.87. The largest absolute Gasteiger partial charge is 0.378 e. The lowest BCUT2D eigenvalue weighted by Gasteiger charge is -2.08. The molecule has 0 saturated heterocycles. The van der Waals surface area contributed by atoms with Crippen molar-refractivity contribution in [2.45, 2.75) is 20.1 Å². The standard InChI is InChI=1S/C12H14N6OS/c1-8-13-4-10(20-8)5-14-11-3-9(6-19-2)17-12-15-7-16-18(11)12/h3-4,7,14H,5-6H2,1-2H3. The summed E-state index contributed by atoms with van der Waals surface area (Å²) in [6, 6.07) is 1.92. The van der Waals surface area contributed by atoms with Gasteiger partial charge in [-0.05, 0) is 6.92 Å². The van der Waals surface area contributed by atoms with Crippen molar-refractivity contribution in [2.24, 2.45) is 0 Å². The van der Waals surface area contributed by atoms with Crippen LogP contribution in [0.3, 0.4) is 0 Å². The number of rotatable bonds is 5. The number of aromatic nitrogens is 5. The molecule has 0 unspecified atom stereocenters. The molecule has 20 heavy (non-hydrogen) atoms. The van der Waals surface area contributed by atoms with Crippen molar-refractivity contribution in [1.29, 1.82) is 0 Å². The molecule has 0 aliphatic carbocycles. The Bertz CT molecular complexity index is 722. The van der Waals surface area contributed by atoms with Crippen molar-refractivity contribution < 1.29 is 4.74 Å². The molecule has 0 radical (unpaired) electrons. The summed E-state index contributed by atoms with van der Waals surface area (Å²) in [5, 5.41) is 8.56. The minimum absolute atomic E-state index is 0.442. The summed E-state index contributed by atoms with van der Waals surface area (Å²) in [5.74, 6) is 1.40. The Morgan fingerprint density at radius 1 is 1.40 bits per heavy atom. The van der Waals surface area contributed by atoms with Gasteiger partial charge in [-0.3, -0.25) is 0 Å². The van der Waals surface area contributed by atoms with E-state index in [0.717, 1.165) is 16.5 Å². The number of nitrogens with zero attached hydrogens (tertiary/aromatic N) is 5. The van der Waals surface area contributed by atoms with E-state index in [1.54, 1.807) is 23.0 Å². The van der Waals surface area contributed by atoms with Gasteiger partial charge in [-0.25, -0.2) is 9.97 Å². The fraction of sp³-hybridized carbons (Fsp3) is 0.333. The molecular formula is C12H14N6OS. The zero-order chi connectivity index (χ0) is 13.9. The first-order valence-corrected chi connectivity index (χ1v) is 6.91. The minimum atomic E-state index is 0.442. The third kappa shape index (κ3) is 2.61. The number of methoxy groups -OCH3 is 1. The van der Waals surface area contributed by atoms with Crippen molar-refractivity contribution in [3.05, 3.63) is 34.2 Å². The zero-order valence-electron chi connectivity index (χ0n) is 11.2. The highest BCUT2D eigenvalue weighted by Gasteiger charge is 2.08. The highest BCUT2D eigenvalue weighted by Crippen LogP contribution is 2.16. The SMILES string of the molecule is COCc1cc(NCc2cnc(C)s2)n2ncnc2n1. The van der Waals surface area contributed by atoms with Crippen LogP contribution in [0.4, 0.5) is 5.82 Å². The van der Waals surface area contributed by atoms with Crippen LogP contribution in [0.2, 0.25) is 0 Å². The molecule has 0 atom stereocenters. The molecule has 3 heterocycles. The van der Waals surface area contributed by atoms with Gasteiger partial charge in [0.25, 0.3) is 5.78 Å². The molecule has 3 rings (SSSR count). The number of ether oxygens (including phenoxy) is 1. The molecule has 0 saturated carbocycles. The van der Waals surface area contributed by atoms with Gasteiger partial charge in [-0.2, -0.15) is 14.6 Å². The van der Waals surface area contributed by atoms with Crippen LogP contribution in [0, 0.1) is 6.92 Å². The molecule has 0 aliphatic rings. The van der Waals surface area contributed by atoms with Crippen LogP contribution < -0.4 is 5.32 Å². The molecular weight excluding hydrogens is 276 g/mol. The van der Waals surface area contributed by atoms with E-state index in [0.29, 0.717) is 18.9 Å². The first kappa shape index (κ1) is 12.9. The van der Waals surface area contributed by atoms with E-state index in [1.807, 2.05) is 19.2 Å². The Morgan fingerprint density at radius 2 is 2.30 bits per heavy atom. The highest BCUT2D eigenvalue weighted by molar-refractivity contribution is 7.11. The Morgan fingerprint density at radius 3 is 3.05 bits per heavy atom. The van der Waals surface area contributed by atoms with Gasteiger partial charge >= 0.3 is 0 Å². The highest BCUT2D eigenvalue weighted by atomic mass is 32.1. The molecule has 3 aromatic heterocycles. The topological polar surface area (TPSA) is 77.2 Å². The third-order valence-electron chi connectivity index (χ3n) is 2.71. The van der Waals surface area contributed by atoms with E-state index >= 15 is 0 Å². The average molecular weight is 290 g/mol.